The van der Waals surface area contributed by atoms with Crippen molar-refractivity contribution in [3.8, 4) is 0 Å². The Kier molecular flexibility index (Phi) is 2.68. The number of carbonyl (C=O) groups is 1. The molecule has 1 aliphatic rings. The quantitative estimate of drug-likeness (QED) is 0.825. The Bertz CT molecular complexity index is 445. The Hall–Kier alpha value is -1.41. The summed E-state index contributed by atoms with van der Waals surface area (Å²) in [6.07, 6.45) is 0.937. The van der Waals surface area contributed by atoms with Crippen LogP contribution in [0.1, 0.15) is 32.3 Å². The molecule has 2 nitrogen and oxygen atoms in total. The van der Waals surface area contributed by atoms with E-state index in [-0.39, 0.29) is 5.78 Å². The van der Waals surface area contributed by atoms with Crippen molar-refractivity contribution in [3.63, 3.8) is 0 Å². The predicted molar refractivity (Wildman–Crippen MR) is 63.9 cm³/mol. The fraction of sp³-hybridized carbons (Fsp3) is 0.357. The number of ketones is 1. The van der Waals surface area contributed by atoms with Gasteiger partial charge in [0.15, 0.2) is 5.78 Å². The SMILES string of the molecule is CC[C@]1(O)CC(C)=C(c2ccccc2)C1=O. The smallest absolute Gasteiger partial charge is 0.195 e. The number of aliphatic hydroxyl groups is 1. The summed E-state index contributed by atoms with van der Waals surface area (Å²) >= 11 is 0. The van der Waals surface area contributed by atoms with Gasteiger partial charge in [0.2, 0.25) is 0 Å². The molecule has 0 amide bonds. The van der Waals surface area contributed by atoms with E-state index in [9.17, 15) is 9.90 Å². The molecule has 2 heteroatoms. The van der Waals surface area contributed by atoms with Gasteiger partial charge in [-0.3, -0.25) is 4.79 Å². The molecule has 0 aromatic heterocycles. The average Bonchev–Trinajstić information content (AvgIpc) is 2.52. The third kappa shape index (κ3) is 1.59. The maximum Gasteiger partial charge on any atom is 0.195 e. The second-order valence-electron chi connectivity index (χ2n) is 4.41. The van der Waals surface area contributed by atoms with Crippen molar-refractivity contribution < 1.29 is 9.90 Å². The van der Waals surface area contributed by atoms with Crippen LogP contribution in [0.15, 0.2) is 35.9 Å². The standard InChI is InChI=1S/C14H16O2/c1-3-14(16)9-10(2)12(13(14)15)11-7-5-4-6-8-11/h4-8,16H,3,9H2,1-2H3/t14-/m0/s1. The highest BCUT2D eigenvalue weighted by Gasteiger charge is 2.42. The van der Waals surface area contributed by atoms with Crippen LogP contribution in [-0.2, 0) is 4.79 Å². The molecule has 0 saturated heterocycles. The van der Waals surface area contributed by atoms with Crippen LogP contribution in [0.3, 0.4) is 0 Å². The van der Waals surface area contributed by atoms with Crippen molar-refractivity contribution >= 4 is 11.4 Å². The van der Waals surface area contributed by atoms with Gasteiger partial charge in [0.1, 0.15) is 5.60 Å². The Labute approximate surface area is 95.6 Å². The highest BCUT2D eigenvalue weighted by atomic mass is 16.3. The lowest BCUT2D eigenvalue weighted by Gasteiger charge is -2.18. The minimum atomic E-state index is -1.17. The summed E-state index contributed by atoms with van der Waals surface area (Å²) < 4.78 is 0. The second kappa shape index (κ2) is 3.87. The zero-order valence-corrected chi connectivity index (χ0v) is 9.66. The van der Waals surface area contributed by atoms with E-state index >= 15 is 0 Å². The Morgan fingerprint density at radius 2 is 1.94 bits per heavy atom. The van der Waals surface area contributed by atoms with Crippen molar-refractivity contribution in [2.75, 3.05) is 0 Å². The van der Waals surface area contributed by atoms with Crippen molar-refractivity contribution in [2.24, 2.45) is 0 Å². The van der Waals surface area contributed by atoms with E-state index in [0.29, 0.717) is 18.4 Å². The molecule has 1 aromatic rings. The van der Waals surface area contributed by atoms with E-state index in [1.54, 1.807) is 0 Å². The van der Waals surface area contributed by atoms with Gasteiger partial charge >= 0.3 is 0 Å². The number of hydrogen-bond acceptors (Lipinski definition) is 2. The minimum Gasteiger partial charge on any atom is -0.381 e. The van der Waals surface area contributed by atoms with Crippen LogP contribution in [0.4, 0.5) is 0 Å². The first-order valence-corrected chi connectivity index (χ1v) is 5.61. The molecule has 0 bridgehead atoms. The van der Waals surface area contributed by atoms with E-state index in [1.807, 2.05) is 44.2 Å². The summed E-state index contributed by atoms with van der Waals surface area (Å²) in [6, 6.07) is 9.57. The third-order valence-electron chi connectivity index (χ3n) is 3.28. The van der Waals surface area contributed by atoms with Crippen LogP contribution in [0.2, 0.25) is 0 Å². The van der Waals surface area contributed by atoms with Gasteiger partial charge in [-0.05, 0) is 18.9 Å². The van der Waals surface area contributed by atoms with E-state index in [1.165, 1.54) is 0 Å². The first-order chi connectivity index (χ1) is 7.58. The second-order valence-corrected chi connectivity index (χ2v) is 4.41. The van der Waals surface area contributed by atoms with Crippen LogP contribution < -0.4 is 0 Å². The third-order valence-corrected chi connectivity index (χ3v) is 3.28. The highest BCUT2D eigenvalue weighted by molar-refractivity contribution is 6.27. The summed E-state index contributed by atoms with van der Waals surface area (Å²) in [6.45, 7) is 3.77. The molecular formula is C14H16O2. The molecule has 1 atom stereocenters. The average molecular weight is 216 g/mol. The van der Waals surface area contributed by atoms with Crippen molar-refractivity contribution in [3.05, 3.63) is 41.5 Å². The summed E-state index contributed by atoms with van der Waals surface area (Å²) in [5.74, 6) is -0.126. The van der Waals surface area contributed by atoms with Crippen LogP contribution in [0.5, 0.6) is 0 Å². The lowest BCUT2D eigenvalue weighted by molar-refractivity contribution is -0.129. The topological polar surface area (TPSA) is 37.3 Å². The van der Waals surface area contributed by atoms with Gasteiger partial charge in [-0.1, -0.05) is 42.8 Å². The molecule has 0 saturated carbocycles. The van der Waals surface area contributed by atoms with Crippen LogP contribution in [0.25, 0.3) is 5.57 Å². The normalized spacial score (nSPS) is 25.3. The van der Waals surface area contributed by atoms with E-state index in [2.05, 4.69) is 0 Å². The summed E-state index contributed by atoms with van der Waals surface area (Å²) in [5.41, 5.74) is 1.43. The summed E-state index contributed by atoms with van der Waals surface area (Å²) in [5, 5.41) is 10.2. The van der Waals surface area contributed by atoms with E-state index in [0.717, 1.165) is 11.1 Å². The van der Waals surface area contributed by atoms with Crippen molar-refractivity contribution in [1.82, 2.24) is 0 Å². The number of carbonyl (C=O) groups excluding carboxylic acids is 1. The molecule has 2 rings (SSSR count). The molecule has 0 unspecified atom stereocenters. The Morgan fingerprint density at radius 3 is 2.44 bits per heavy atom. The van der Waals surface area contributed by atoms with E-state index < -0.39 is 5.60 Å². The molecule has 0 aliphatic heterocycles. The monoisotopic (exact) mass is 216 g/mol. The molecule has 1 aromatic carbocycles. The molecule has 1 aliphatic carbocycles. The minimum absolute atomic E-state index is 0.126. The lowest BCUT2D eigenvalue weighted by atomic mass is 9.93. The Morgan fingerprint density at radius 1 is 1.31 bits per heavy atom. The van der Waals surface area contributed by atoms with Gasteiger partial charge in [0.05, 0.1) is 0 Å². The molecule has 84 valence electrons. The van der Waals surface area contributed by atoms with Gasteiger partial charge in [0, 0.05) is 12.0 Å². The largest absolute Gasteiger partial charge is 0.381 e. The van der Waals surface area contributed by atoms with Gasteiger partial charge < -0.3 is 5.11 Å². The molecule has 0 spiro atoms. The van der Waals surface area contributed by atoms with Gasteiger partial charge in [-0.2, -0.15) is 0 Å². The first-order valence-electron chi connectivity index (χ1n) is 5.61. The van der Waals surface area contributed by atoms with Crippen molar-refractivity contribution in [1.29, 1.82) is 0 Å². The van der Waals surface area contributed by atoms with E-state index in [4.69, 9.17) is 0 Å². The maximum atomic E-state index is 12.2. The molecular weight excluding hydrogens is 200 g/mol. The molecule has 0 radical (unpaired) electrons. The fourth-order valence-corrected chi connectivity index (χ4v) is 2.30. The lowest BCUT2D eigenvalue weighted by Crippen LogP contribution is -2.34. The molecule has 16 heavy (non-hydrogen) atoms. The fourth-order valence-electron chi connectivity index (χ4n) is 2.30. The molecule has 1 N–H and O–H groups in total. The zero-order chi connectivity index (χ0) is 11.8. The number of hydrogen-bond donors (Lipinski definition) is 1. The van der Waals surface area contributed by atoms with Gasteiger partial charge in [-0.15, -0.1) is 0 Å². The van der Waals surface area contributed by atoms with Crippen LogP contribution in [0, 0.1) is 0 Å². The van der Waals surface area contributed by atoms with Crippen molar-refractivity contribution in [2.45, 2.75) is 32.3 Å². The predicted octanol–water partition coefficient (Wildman–Crippen LogP) is 2.57. The van der Waals surface area contributed by atoms with Gasteiger partial charge in [-0.25, -0.2) is 0 Å². The first kappa shape index (κ1) is 11.1. The summed E-state index contributed by atoms with van der Waals surface area (Å²) in [7, 11) is 0. The molecule has 0 fully saturated rings. The number of Topliss-reactive ketones (excluding diaryl/α,β-unsaturated/α-hetero) is 1. The summed E-state index contributed by atoms with van der Waals surface area (Å²) in [4.78, 5) is 12.2. The highest BCUT2D eigenvalue weighted by Crippen LogP contribution is 2.38. The van der Waals surface area contributed by atoms with Crippen LogP contribution in [-0.4, -0.2) is 16.5 Å². The maximum absolute atomic E-state index is 12.2. The van der Waals surface area contributed by atoms with Gasteiger partial charge in [0.25, 0.3) is 0 Å². The number of rotatable bonds is 2. The molecule has 0 heterocycles. The number of benzene rings is 1. The van der Waals surface area contributed by atoms with Crippen LogP contribution >= 0.6 is 0 Å². The zero-order valence-electron chi connectivity index (χ0n) is 9.66. The Balaban J connectivity index is 2.44.